The van der Waals surface area contributed by atoms with Crippen LogP contribution in [-0.2, 0) is 20.4 Å². The summed E-state index contributed by atoms with van der Waals surface area (Å²) in [5, 5.41) is 11.5. The van der Waals surface area contributed by atoms with E-state index in [4.69, 9.17) is 13.9 Å². The molecule has 0 saturated heterocycles. The number of benzene rings is 4. The summed E-state index contributed by atoms with van der Waals surface area (Å²) in [6, 6.07) is 35.5. The molecule has 194 valence electrons. The van der Waals surface area contributed by atoms with Gasteiger partial charge in [0.1, 0.15) is 18.1 Å². The number of hydrogen-bond acceptors (Lipinski definition) is 5. The van der Waals surface area contributed by atoms with Gasteiger partial charge < -0.3 is 13.9 Å². The summed E-state index contributed by atoms with van der Waals surface area (Å²) in [4.78, 5) is 11.2. The predicted octanol–water partition coefficient (Wildman–Crippen LogP) is 7.12. The van der Waals surface area contributed by atoms with Crippen molar-refractivity contribution in [2.24, 2.45) is 0 Å². The first-order valence-corrected chi connectivity index (χ1v) is 16.1. The van der Waals surface area contributed by atoms with Crippen LogP contribution in [0.3, 0.4) is 0 Å². The molecule has 0 unspecified atom stereocenters. The highest BCUT2D eigenvalue weighted by atomic mass is 28.4. The predicted molar refractivity (Wildman–Crippen MR) is 150 cm³/mol. The molecule has 4 aromatic carbocycles. The molecule has 0 fully saturated rings. The fourth-order valence-electron chi connectivity index (χ4n) is 5.44. The molecule has 0 amide bonds. The minimum atomic E-state index is -2.36. The van der Waals surface area contributed by atoms with Crippen LogP contribution >= 0.6 is 0 Å². The molecule has 38 heavy (non-hydrogen) atoms. The Kier molecular flexibility index (Phi) is 6.92. The summed E-state index contributed by atoms with van der Waals surface area (Å²) in [6.45, 7) is 5.98. The lowest BCUT2D eigenvalue weighted by Crippen LogP contribution is -2.59. The Morgan fingerprint density at radius 2 is 1.21 bits per heavy atom. The van der Waals surface area contributed by atoms with E-state index in [2.05, 4.69) is 19.6 Å². The molecule has 1 heterocycles. The Hall–Kier alpha value is -3.78. The van der Waals surface area contributed by atoms with E-state index >= 15 is 0 Å². The fraction of sp³-hybridized carbons (Fsp3) is 0.226. The fourth-order valence-corrected chi connectivity index (χ4v) is 6.72. The second-order valence-corrected chi connectivity index (χ2v) is 14.7. The van der Waals surface area contributed by atoms with Gasteiger partial charge in [0.15, 0.2) is 19.5 Å². The molecule has 7 heteroatoms. The topological polar surface area (TPSA) is 70.8 Å². The molecule has 6 nitrogen and oxygen atoms in total. The highest BCUT2D eigenvalue weighted by Crippen LogP contribution is 2.61. The molecule has 0 radical (unpaired) electrons. The minimum Gasteiger partial charge on any atom is -0.457 e. The maximum Gasteiger partial charge on any atom is 0.226 e. The van der Waals surface area contributed by atoms with Crippen LogP contribution in [-0.4, -0.2) is 26.4 Å². The third-order valence-electron chi connectivity index (χ3n) is 6.66. The first-order valence-electron chi connectivity index (χ1n) is 12.7. The molecule has 0 saturated carbocycles. The van der Waals surface area contributed by atoms with Crippen molar-refractivity contribution in [2.75, 3.05) is 13.2 Å². The van der Waals surface area contributed by atoms with Crippen LogP contribution in [0.5, 0.6) is 11.5 Å². The molecule has 0 aromatic heterocycles. The summed E-state index contributed by atoms with van der Waals surface area (Å²) in [5.74, 6) is 1.33. The van der Waals surface area contributed by atoms with Gasteiger partial charge in [-0.15, -0.1) is 0 Å². The maximum absolute atomic E-state index is 11.5. The zero-order valence-corrected chi connectivity index (χ0v) is 22.8. The van der Waals surface area contributed by atoms with Crippen molar-refractivity contribution in [1.82, 2.24) is 0 Å². The van der Waals surface area contributed by atoms with Crippen LogP contribution in [0, 0.1) is 10.1 Å². The quantitative estimate of drug-likeness (QED) is 0.132. The van der Waals surface area contributed by atoms with Crippen molar-refractivity contribution in [1.29, 1.82) is 0 Å². The van der Waals surface area contributed by atoms with Crippen molar-refractivity contribution >= 4 is 8.32 Å². The minimum absolute atomic E-state index is 0.112. The Bertz CT molecular complexity index is 1330. The number of rotatable bonds is 9. The molecule has 0 spiro atoms. The van der Waals surface area contributed by atoms with E-state index < -0.39 is 19.5 Å². The van der Waals surface area contributed by atoms with Crippen LogP contribution in [0.4, 0.5) is 0 Å². The lowest BCUT2D eigenvalue weighted by molar-refractivity contribution is -0.485. The van der Waals surface area contributed by atoms with Crippen molar-refractivity contribution in [2.45, 2.75) is 30.8 Å². The third kappa shape index (κ3) is 4.43. The third-order valence-corrected chi connectivity index (χ3v) is 7.58. The van der Waals surface area contributed by atoms with E-state index in [0.29, 0.717) is 11.5 Å². The number of nitrogens with zero attached hydrogens (tertiary/aromatic N) is 1. The first kappa shape index (κ1) is 25.8. The second-order valence-electron chi connectivity index (χ2n) is 10.3. The molecule has 0 N–H and O–H groups in total. The number of para-hydroxylation sites is 2. The molecular formula is C31H31NO5Si. The second kappa shape index (κ2) is 10.2. The van der Waals surface area contributed by atoms with E-state index in [9.17, 15) is 10.1 Å². The molecule has 5 rings (SSSR count). The van der Waals surface area contributed by atoms with Crippen molar-refractivity contribution in [3.63, 3.8) is 0 Å². The first-order chi connectivity index (χ1) is 18.3. The Labute approximate surface area is 224 Å². The summed E-state index contributed by atoms with van der Waals surface area (Å²) < 4.78 is 20.8. The summed E-state index contributed by atoms with van der Waals surface area (Å²) in [5.41, 5.74) is 0.785. The van der Waals surface area contributed by atoms with Crippen LogP contribution in [0.15, 0.2) is 109 Å². The van der Waals surface area contributed by atoms with E-state index in [0.717, 1.165) is 22.3 Å². The van der Waals surface area contributed by atoms with Crippen LogP contribution in [0.1, 0.15) is 22.3 Å². The Balaban J connectivity index is 1.97. The number of nitro groups is 1. The molecule has 0 aliphatic carbocycles. The van der Waals surface area contributed by atoms with Crippen molar-refractivity contribution in [3.05, 3.63) is 142 Å². The van der Waals surface area contributed by atoms with Gasteiger partial charge in [0.25, 0.3) is 0 Å². The highest BCUT2D eigenvalue weighted by Gasteiger charge is 2.62. The molecule has 1 aliphatic heterocycles. The van der Waals surface area contributed by atoms with Crippen LogP contribution < -0.4 is 4.74 Å². The SMILES string of the molecule is C[Si](C)(C)OC1(C(OCC[N+](=O)[O-])(c2ccccc2)c2ccccc2)c2ccccc2Oc2ccccc21. The van der Waals surface area contributed by atoms with Gasteiger partial charge in [0.05, 0.1) is 0 Å². The van der Waals surface area contributed by atoms with Crippen molar-refractivity contribution in [3.8, 4) is 11.5 Å². The van der Waals surface area contributed by atoms with E-state index in [1.807, 2.05) is 109 Å². The lowest BCUT2D eigenvalue weighted by atomic mass is 9.65. The average molecular weight is 526 g/mol. The van der Waals surface area contributed by atoms with Gasteiger partial charge in [-0.05, 0) is 42.9 Å². The Morgan fingerprint density at radius 1 is 0.763 bits per heavy atom. The monoisotopic (exact) mass is 525 g/mol. The van der Waals surface area contributed by atoms with Gasteiger partial charge in [-0.3, -0.25) is 10.1 Å². The lowest BCUT2D eigenvalue weighted by Gasteiger charge is -2.55. The van der Waals surface area contributed by atoms with Gasteiger partial charge in [0.2, 0.25) is 6.54 Å². The highest BCUT2D eigenvalue weighted by molar-refractivity contribution is 6.69. The van der Waals surface area contributed by atoms with Gasteiger partial charge in [0, 0.05) is 16.1 Å². The average Bonchev–Trinajstić information content (AvgIpc) is 2.91. The number of ether oxygens (including phenoxy) is 2. The van der Waals surface area contributed by atoms with Gasteiger partial charge in [-0.25, -0.2) is 0 Å². The van der Waals surface area contributed by atoms with E-state index in [-0.39, 0.29) is 18.1 Å². The molecule has 0 atom stereocenters. The zero-order valence-electron chi connectivity index (χ0n) is 21.8. The van der Waals surface area contributed by atoms with Gasteiger partial charge >= 0.3 is 0 Å². The molecular weight excluding hydrogens is 494 g/mol. The zero-order chi connectivity index (χ0) is 26.8. The molecule has 1 aliphatic rings. The summed E-state index contributed by atoms with van der Waals surface area (Å²) in [7, 11) is -2.36. The van der Waals surface area contributed by atoms with E-state index in [1.54, 1.807) is 0 Å². The van der Waals surface area contributed by atoms with Crippen LogP contribution in [0.25, 0.3) is 0 Å². The summed E-state index contributed by atoms with van der Waals surface area (Å²) in [6.07, 6.45) is 0. The largest absolute Gasteiger partial charge is 0.457 e. The smallest absolute Gasteiger partial charge is 0.226 e. The van der Waals surface area contributed by atoms with E-state index in [1.165, 1.54) is 0 Å². The Morgan fingerprint density at radius 3 is 1.66 bits per heavy atom. The molecule has 4 aromatic rings. The standard InChI is InChI=1S/C31H31NO5Si/c1-38(2,3)37-31(26-18-10-12-20-28(26)36-29-21-13-11-19-27(29)31)30(35-23-22-32(33)34,24-14-6-4-7-15-24)25-16-8-5-9-17-25/h4-21H,22-23H2,1-3H3. The van der Waals surface area contributed by atoms with Crippen molar-refractivity contribution < 1.29 is 18.8 Å². The van der Waals surface area contributed by atoms with Gasteiger partial charge in [-0.2, -0.15) is 0 Å². The maximum atomic E-state index is 11.5. The van der Waals surface area contributed by atoms with Gasteiger partial charge in [-0.1, -0.05) is 97.1 Å². The number of hydrogen-bond donors (Lipinski definition) is 0. The molecule has 0 bridgehead atoms. The number of fused-ring (bicyclic) bond motifs is 2. The normalized spacial score (nSPS) is 14.2. The van der Waals surface area contributed by atoms with Crippen LogP contribution in [0.2, 0.25) is 19.6 Å². The summed E-state index contributed by atoms with van der Waals surface area (Å²) >= 11 is 0.